The molecule has 1 aliphatic rings. The summed E-state index contributed by atoms with van der Waals surface area (Å²) >= 11 is 0. The van der Waals surface area contributed by atoms with Gasteiger partial charge >= 0.3 is 0 Å². The zero-order valence-corrected chi connectivity index (χ0v) is 13.7. The molecule has 2 aromatic rings. The minimum absolute atomic E-state index is 0.0430. The van der Waals surface area contributed by atoms with Gasteiger partial charge in [0, 0.05) is 24.5 Å². The average molecular weight is 323 g/mol. The number of nitrogens with one attached hydrogen (secondary N) is 1. The second-order valence-corrected chi connectivity index (χ2v) is 6.03. The molecule has 0 radical (unpaired) electrons. The second kappa shape index (κ2) is 7.25. The van der Waals surface area contributed by atoms with Gasteiger partial charge < -0.3 is 10.2 Å². The number of carbonyl (C=O) groups is 2. The van der Waals surface area contributed by atoms with Gasteiger partial charge in [-0.2, -0.15) is 0 Å². The fraction of sp³-hybridized carbons (Fsp3) is 0.316. The maximum atomic E-state index is 12.8. The normalized spacial score (nSPS) is 18.2. The molecule has 1 N–H and O–H groups in total. The van der Waals surface area contributed by atoms with E-state index in [2.05, 4.69) is 10.3 Å². The van der Waals surface area contributed by atoms with E-state index in [4.69, 9.17) is 0 Å². The van der Waals surface area contributed by atoms with Crippen molar-refractivity contribution in [2.24, 2.45) is 0 Å². The van der Waals surface area contributed by atoms with Gasteiger partial charge in [0.1, 0.15) is 6.04 Å². The number of aromatic nitrogens is 1. The zero-order valence-electron chi connectivity index (χ0n) is 13.7. The lowest BCUT2D eigenvalue weighted by Crippen LogP contribution is -2.46. The van der Waals surface area contributed by atoms with Gasteiger partial charge in [-0.15, -0.1) is 0 Å². The molecule has 0 saturated carbocycles. The van der Waals surface area contributed by atoms with Crippen molar-refractivity contribution in [2.45, 2.75) is 31.8 Å². The lowest BCUT2D eigenvalue weighted by Gasteiger charge is -2.28. The van der Waals surface area contributed by atoms with Crippen molar-refractivity contribution in [2.75, 3.05) is 6.54 Å². The van der Waals surface area contributed by atoms with Crippen LogP contribution < -0.4 is 5.32 Å². The van der Waals surface area contributed by atoms with E-state index in [0.717, 1.165) is 24.9 Å². The van der Waals surface area contributed by atoms with Crippen molar-refractivity contribution < 1.29 is 9.59 Å². The number of amides is 2. The van der Waals surface area contributed by atoms with E-state index < -0.39 is 6.04 Å². The van der Waals surface area contributed by atoms with E-state index in [0.29, 0.717) is 5.56 Å². The first-order chi connectivity index (χ1) is 11.7. The summed E-state index contributed by atoms with van der Waals surface area (Å²) in [4.78, 5) is 30.9. The van der Waals surface area contributed by atoms with Crippen molar-refractivity contribution in [3.8, 4) is 0 Å². The summed E-state index contributed by atoms with van der Waals surface area (Å²) in [6.07, 6.45) is 5.40. The number of hydrogen-bond acceptors (Lipinski definition) is 3. The Morgan fingerprint density at radius 2 is 1.88 bits per heavy atom. The second-order valence-electron chi connectivity index (χ2n) is 6.03. The van der Waals surface area contributed by atoms with Crippen molar-refractivity contribution in [1.82, 2.24) is 15.2 Å². The monoisotopic (exact) mass is 323 g/mol. The van der Waals surface area contributed by atoms with E-state index in [1.165, 1.54) is 0 Å². The van der Waals surface area contributed by atoms with Gasteiger partial charge in [-0.3, -0.25) is 14.6 Å². The Bertz CT molecular complexity index is 703. The molecular formula is C19H21N3O2. The first-order valence-electron chi connectivity index (χ1n) is 8.23. The predicted molar refractivity (Wildman–Crippen MR) is 91.3 cm³/mol. The standard InChI is InChI=1S/C19H21N3O2/c1-14(21-18(23)16-6-3-2-4-7-16)19(24)22-13-5-8-17(22)15-9-11-20-12-10-15/h2-4,6-7,9-12,14,17H,5,8,13H2,1H3,(H,21,23). The highest BCUT2D eigenvalue weighted by Gasteiger charge is 2.32. The Labute approximate surface area is 141 Å². The Balaban J connectivity index is 1.68. The van der Waals surface area contributed by atoms with Gasteiger partial charge in [0.05, 0.1) is 6.04 Å². The summed E-state index contributed by atoms with van der Waals surface area (Å²) in [7, 11) is 0. The van der Waals surface area contributed by atoms with Crippen LogP contribution in [0.3, 0.4) is 0 Å². The molecule has 2 amide bonds. The smallest absolute Gasteiger partial charge is 0.251 e. The molecule has 1 aromatic heterocycles. The van der Waals surface area contributed by atoms with Gasteiger partial charge in [-0.25, -0.2) is 0 Å². The van der Waals surface area contributed by atoms with Gasteiger partial charge in [-0.05, 0) is 49.6 Å². The number of nitrogens with zero attached hydrogens (tertiary/aromatic N) is 2. The van der Waals surface area contributed by atoms with Crippen LogP contribution in [0.1, 0.15) is 41.7 Å². The van der Waals surface area contributed by atoms with Crippen LogP contribution in [-0.2, 0) is 4.79 Å². The number of hydrogen-bond donors (Lipinski definition) is 1. The first kappa shape index (κ1) is 16.2. The molecule has 1 saturated heterocycles. The highest BCUT2D eigenvalue weighted by molar-refractivity contribution is 5.97. The van der Waals surface area contributed by atoms with Crippen molar-refractivity contribution in [1.29, 1.82) is 0 Å². The van der Waals surface area contributed by atoms with Crippen LogP contribution in [-0.4, -0.2) is 34.3 Å². The Kier molecular flexibility index (Phi) is 4.89. The van der Waals surface area contributed by atoms with Gasteiger partial charge in [0.2, 0.25) is 5.91 Å². The topological polar surface area (TPSA) is 62.3 Å². The molecule has 2 heterocycles. The van der Waals surface area contributed by atoms with Crippen LogP contribution >= 0.6 is 0 Å². The molecule has 124 valence electrons. The van der Waals surface area contributed by atoms with E-state index in [1.54, 1.807) is 43.6 Å². The number of pyridine rings is 1. The van der Waals surface area contributed by atoms with Crippen LogP contribution in [0.2, 0.25) is 0 Å². The number of rotatable bonds is 4. The highest BCUT2D eigenvalue weighted by Crippen LogP contribution is 2.31. The summed E-state index contributed by atoms with van der Waals surface area (Å²) in [6, 6.07) is 12.4. The maximum absolute atomic E-state index is 12.8. The molecule has 1 aromatic carbocycles. The van der Waals surface area contributed by atoms with Crippen LogP contribution in [0.25, 0.3) is 0 Å². The first-order valence-corrected chi connectivity index (χ1v) is 8.23. The van der Waals surface area contributed by atoms with Crippen molar-refractivity contribution in [3.05, 3.63) is 66.0 Å². The summed E-state index contributed by atoms with van der Waals surface area (Å²) in [5.41, 5.74) is 1.65. The van der Waals surface area contributed by atoms with Gasteiger partial charge in [0.25, 0.3) is 5.91 Å². The van der Waals surface area contributed by atoms with E-state index in [1.807, 2.05) is 23.1 Å². The molecule has 1 aliphatic heterocycles. The quantitative estimate of drug-likeness (QED) is 0.940. The lowest BCUT2D eigenvalue weighted by molar-refractivity contribution is -0.133. The molecule has 0 spiro atoms. The molecule has 2 unspecified atom stereocenters. The number of carbonyl (C=O) groups excluding carboxylic acids is 2. The largest absolute Gasteiger partial charge is 0.341 e. The van der Waals surface area contributed by atoms with E-state index >= 15 is 0 Å². The summed E-state index contributed by atoms with van der Waals surface area (Å²) in [5, 5.41) is 2.80. The van der Waals surface area contributed by atoms with Crippen LogP contribution in [0.5, 0.6) is 0 Å². The highest BCUT2D eigenvalue weighted by atomic mass is 16.2. The molecule has 5 heteroatoms. The molecule has 2 atom stereocenters. The zero-order chi connectivity index (χ0) is 16.9. The van der Waals surface area contributed by atoms with Gasteiger partial charge in [0.15, 0.2) is 0 Å². The van der Waals surface area contributed by atoms with Crippen LogP contribution in [0.4, 0.5) is 0 Å². The van der Waals surface area contributed by atoms with E-state index in [-0.39, 0.29) is 17.9 Å². The van der Waals surface area contributed by atoms with Crippen LogP contribution in [0.15, 0.2) is 54.9 Å². The molecule has 0 aliphatic carbocycles. The molecule has 3 rings (SSSR count). The van der Waals surface area contributed by atoms with E-state index in [9.17, 15) is 9.59 Å². The fourth-order valence-electron chi connectivity index (χ4n) is 3.14. The third-order valence-corrected chi connectivity index (χ3v) is 4.38. The molecule has 24 heavy (non-hydrogen) atoms. The Morgan fingerprint density at radius 1 is 1.17 bits per heavy atom. The fourth-order valence-corrected chi connectivity index (χ4v) is 3.14. The van der Waals surface area contributed by atoms with Crippen LogP contribution in [0, 0.1) is 0 Å². The minimum Gasteiger partial charge on any atom is -0.341 e. The van der Waals surface area contributed by atoms with Gasteiger partial charge in [-0.1, -0.05) is 18.2 Å². The number of benzene rings is 1. The summed E-state index contributed by atoms with van der Waals surface area (Å²) in [6.45, 7) is 2.46. The summed E-state index contributed by atoms with van der Waals surface area (Å²) < 4.78 is 0. The van der Waals surface area contributed by atoms with Crippen molar-refractivity contribution in [3.63, 3.8) is 0 Å². The minimum atomic E-state index is -0.555. The maximum Gasteiger partial charge on any atom is 0.251 e. The third kappa shape index (κ3) is 3.45. The predicted octanol–water partition coefficient (Wildman–Crippen LogP) is 2.56. The molecule has 0 bridgehead atoms. The Hall–Kier alpha value is -2.69. The third-order valence-electron chi connectivity index (χ3n) is 4.38. The number of likely N-dealkylation sites (tertiary alicyclic amines) is 1. The molecule has 5 nitrogen and oxygen atoms in total. The molecular weight excluding hydrogens is 302 g/mol. The lowest BCUT2D eigenvalue weighted by atomic mass is 10.1. The average Bonchev–Trinajstić information content (AvgIpc) is 3.12. The Morgan fingerprint density at radius 3 is 2.58 bits per heavy atom. The summed E-state index contributed by atoms with van der Waals surface area (Å²) in [5.74, 6) is -0.269. The SMILES string of the molecule is CC(NC(=O)c1ccccc1)C(=O)N1CCCC1c1ccncc1. The molecule has 1 fully saturated rings. The van der Waals surface area contributed by atoms with Crippen molar-refractivity contribution >= 4 is 11.8 Å².